The molecule has 0 saturated heterocycles. The standard InChI is InChI=1S/C23H20N2O4S/c1-23(2,3)29-20(26)13-17-18(12-14-8-4-7-11-19(14)30-24-17)25-21(27)15-9-5-6-10-16(15)22(25)28/h4-12H,13H2,1-3H3. The number of carbonyl (C=O) groups is 3. The van der Waals surface area contributed by atoms with Gasteiger partial charge in [0.05, 0.1) is 29.0 Å². The van der Waals surface area contributed by atoms with Crippen LogP contribution in [0.1, 0.15) is 53.5 Å². The Bertz CT molecular complexity index is 1090. The van der Waals surface area contributed by atoms with Gasteiger partial charge >= 0.3 is 5.97 Å². The molecule has 0 unspecified atom stereocenters. The fraction of sp³-hybridized carbons (Fsp3) is 0.217. The SMILES string of the molecule is CC(C)(C)OC(=O)CC1=NSc2ccccc2C=C1N1C(=O)c2ccccc2C1=O. The number of imide groups is 1. The summed E-state index contributed by atoms with van der Waals surface area (Å²) >= 11 is 1.21. The molecule has 152 valence electrons. The molecule has 2 aliphatic rings. The minimum absolute atomic E-state index is 0.155. The molecule has 2 aromatic rings. The first-order valence-corrected chi connectivity index (χ1v) is 10.3. The molecule has 0 N–H and O–H groups in total. The van der Waals surface area contributed by atoms with E-state index in [1.807, 2.05) is 24.3 Å². The monoisotopic (exact) mass is 420 g/mol. The molecule has 30 heavy (non-hydrogen) atoms. The van der Waals surface area contributed by atoms with Gasteiger partial charge in [-0.3, -0.25) is 14.4 Å². The fourth-order valence-corrected chi connectivity index (χ4v) is 4.04. The average Bonchev–Trinajstić information content (AvgIpc) is 2.83. The average molecular weight is 420 g/mol. The smallest absolute Gasteiger partial charge is 0.312 e. The van der Waals surface area contributed by atoms with Crippen LogP contribution in [-0.2, 0) is 9.53 Å². The van der Waals surface area contributed by atoms with Gasteiger partial charge in [-0.05, 0) is 50.6 Å². The van der Waals surface area contributed by atoms with E-state index in [1.165, 1.54) is 11.9 Å². The van der Waals surface area contributed by atoms with E-state index in [-0.39, 0.29) is 6.42 Å². The summed E-state index contributed by atoms with van der Waals surface area (Å²) in [4.78, 5) is 40.7. The van der Waals surface area contributed by atoms with Gasteiger partial charge in [-0.25, -0.2) is 9.30 Å². The number of allylic oxidation sites excluding steroid dienone is 1. The maximum atomic E-state index is 13.1. The van der Waals surface area contributed by atoms with Crippen LogP contribution in [0.15, 0.2) is 63.5 Å². The summed E-state index contributed by atoms with van der Waals surface area (Å²) in [7, 11) is 0. The van der Waals surface area contributed by atoms with E-state index < -0.39 is 23.4 Å². The second-order valence-corrected chi connectivity index (χ2v) is 8.76. The van der Waals surface area contributed by atoms with Crippen LogP contribution in [-0.4, -0.2) is 34.0 Å². The van der Waals surface area contributed by atoms with Crippen molar-refractivity contribution in [3.63, 3.8) is 0 Å². The van der Waals surface area contributed by atoms with Crippen molar-refractivity contribution >= 4 is 41.5 Å². The number of hydrogen-bond donors (Lipinski definition) is 0. The number of benzene rings is 2. The molecule has 0 fully saturated rings. The zero-order valence-corrected chi connectivity index (χ0v) is 17.7. The van der Waals surface area contributed by atoms with Crippen molar-refractivity contribution in [1.82, 2.24) is 4.90 Å². The fourth-order valence-electron chi connectivity index (χ4n) is 3.30. The third-order valence-electron chi connectivity index (χ3n) is 4.53. The predicted octanol–water partition coefficient (Wildman–Crippen LogP) is 4.52. The molecule has 2 aliphatic heterocycles. The maximum absolute atomic E-state index is 13.1. The molecule has 0 bridgehead atoms. The number of amides is 2. The summed E-state index contributed by atoms with van der Waals surface area (Å²) in [5.74, 6) is -1.33. The van der Waals surface area contributed by atoms with Gasteiger partial charge in [-0.2, -0.15) is 0 Å². The normalized spacial score (nSPS) is 15.8. The number of nitrogens with zero attached hydrogens (tertiary/aromatic N) is 2. The number of fused-ring (bicyclic) bond motifs is 2. The lowest BCUT2D eigenvalue weighted by Gasteiger charge is -2.22. The van der Waals surface area contributed by atoms with Crippen LogP contribution >= 0.6 is 11.9 Å². The van der Waals surface area contributed by atoms with Gasteiger partial charge in [-0.15, -0.1) is 0 Å². The van der Waals surface area contributed by atoms with Gasteiger partial charge in [0.15, 0.2) is 0 Å². The molecular weight excluding hydrogens is 400 g/mol. The van der Waals surface area contributed by atoms with Crippen LogP contribution in [0.4, 0.5) is 0 Å². The Kier molecular flexibility index (Phi) is 5.07. The molecule has 0 spiro atoms. The molecule has 7 heteroatoms. The summed E-state index contributed by atoms with van der Waals surface area (Å²) in [5, 5.41) is 0. The van der Waals surface area contributed by atoms with Crippen LogP contribution in [0.2, 0.25) is 0 Å². The Morgan fingerprint density at radius 1 is 1.00 bits per heavy atom. The van der Waals surface area contributed by atoms with Crippen LogP contribution < -0.4 is 0 Å². The number of esters is 1. The Hall–Kier alpha value is -3.19. The van der Waals surface area contributed by atoms with Gasteiger partial charge in [0.2, 0.25) is 0 Å². The Morgan fingerprint density at radius 3 is 2.23 bits per heavy atom. The largest absolute Gasteiger partial charge is 0.460 e. The van der Waals surface area contributed by atoms with Crippen molar-refractivity contribution in [3.05, 3.63) is 70.9 Å². The second kappa shape index (κ2) is 7.57. The lowest BCUT2D eigenvalue weighted by atomic mass is 10.1. The summed E-state index contributed by atoms with van der Waals surface area (Å²) in [6.07, 6.45) is 1.58. The van der Waals surface area contributed by atoms with Crippen molar-refractivity contribution in [1.29, 1.82) is 0 Å². The molecule has 2 heterocycles. The number of hydrogen-bond acceptors (Lipinski definition) is 6. The Labute approximate surface area is 178 Å². The number of rotatable bonds is 3. The van der Waals surface area contributed by atoms with Crippen molar-refractivity contribution in [3.8, 4) is 0 Å². The second-order valence-electron chi connectivity index (χ2n) is 7.95. The summed E-state index contributed by atoms with van der Waals surface area (Å²) < 4.78 is 9.95. The van der Waals surface area contributed by atoms with Crippen molar-refractivity contribution in [2.45, 2.75) is 37.7 Å². The molecular formula is C23H20N2O4S. The molecule has 0 atom stereocenters. The van der Waals surface area contributed by atoms with Crippen molar-refractivity contribution in [2.24, 2.45) is 4.40 Å². The number of carbonyl (C=O) groups excluding carboxylic acids is 3. The molecule has 0 aliphatic carbocycles. The Balaban J connectivity index is 1.77. The lowest BCUT2D eigenvalue weighted by Crippen LogP contribution is -2.34. The molecule has 0 aromatic heterocycles. The van der Waals surface area contributed by atoms with Crippen LogP contribution in [0.5, 0.6) is 0 Å². The highest BCUT2D eigenvalue weighted by atomic mass is 32.2. The minimum atomic E-state index is -0.655. The summed E-state index contributed by atoms with van der Waals surface area (Å²) in [5.41, 5.74) is 1.45. The van der Waals surface area contributed by atoms with Gasteiger partial charge in [0, 0.05) is 16.8 Å². The van der Waals surface area contributed by atoms with E-state index in [4.69, 9.17) is 4.74 Å². The van der Waals surface area contributed by atoms with E-state index >= 15 is 0 Å². The van der Waals surface area contributed by atoms with E-state index in [1.54, 1.807) is 51.1 Å². The first-order chi connectivity index (χ1) is 14.2. The van der Waals surface area contributed by atoms with Crippen LogP contribution in [0.3, 0.4) is 0 Å². The van der Waals surface area contributed by atoms with Gasteiger partial charge in [0.25, 0.3) is 11.8 Å². The van der Waals surface area contributed by atoms with Crippen molar-refractivity contribution < 1.29 is 19.1 Å². The van der Waals surface area contributed by atoms with Crippen LogP contribution in [0.25, 0.3) is 6.08 Å². The van der Waals surface area contributed by atoms with E-state index in [0.29, 0.717) is 22.5 Å². The van der Waals surface area contributed by atoms with Crippen molar-refractivity contribution in [2.75, 3.05) is 0 Å². The van der Waals surface area contributed by atoms with Crippen LogP contribution in [0, 0.1) is 0 Å². The van der Waals surface area contributed by atoms with Gasteiger partial charge in [-0.1, -0.05) is 30.3 Å². The predicted molar refractivity (Wildman–Crippen MR) is 115 cm³/mol. The van der Waals surface area contributed by atoms with Gasteiger partial charge in [0.1, 0.15) is 5.60 Å². The first-order valence-electron chi connectivity index (χ1n) is 9.49. The summed E-state index contributed by atoms with van der Waals surface area (Å²) in [6, 6.07) is 14.2. The van der Waals surface area contributed by atoms with E-state index in [9.17, 15) is 14.4 Å². The highest BCUT2D eigenvalue weighted by molar-refractivity contribution is 7.98. The molecule has 0 radical (unpaired) electrons. The lowest BCUT2D eigenvalue weighted by molar-refractivity contribution is -0.153. The van der Waals surface area contributed by atoms with E-state index in [2.05, 4.69) is 4.40 Å². The Morgan fingerprint density at radius 2 is 1.60 bits per heavy atom. The molecule has 0 saturated carbocycles. The maximum Gasteiger partial charge on any atom is 0.312 e. The molecule has 2 aromatic carbocycles. The first kappa shape index (κ1) is 20.1. The zero-order valence-electron chi connectivity index (χ0n) is 16.8. The molecule has 6 nitrogen and oxygen atoms in total. The molecule has 2 amide bonds. The number of ether oxygens (including phenoxy) is 1. The molecule has 4 rings (SSSR count). The quantitative estimate of drug-likeness (QED) is 0.415. The topological polar surface area (TPSA) is 76.0 Å². The van der Waals surface area contributed by atoms with E-state index in [0.717, 1.165) is 15.4 Å². The minimum Gasteiger partial charge on any atom is -0.460 e. The summed E-state index contributed by atoms with van der Waals surface area (Å²) in [6.45, 7) is 5.35. The third kappa shape index (κ3) is 3.80. The highest BCUT2D eigenvalue weighted by Crippen LogP contribution is 2.35. The zero-order chi connectivity index (χ0) is 21.5. The van der Waals surface area contributed by atoms with Gasteiger partial charge < -0.3 is 4.74 Å². The third-order valence-corrected chi connectivity index (χ3v) is 5.41. The highest BCUT2D eigenvalue weighted by Gasteiger charge is 2.40.